The first kappa shape index (κ1) is 23.4. The van der Waals surface area contributed by atoms with Gasteiger partial charge in [-0.3, -0.25) is 9.78 Å². The van der Waals surface area contributed by atoms with E-state index in [1.807, 2.05) is 42.5 Å². The van der Waals surface area contributed by atoms with Gasteiger partial charge in [0.05, 0.1) is 18.4 Å². The van der Waals surface area contributed by atoms with Crippen LogP contribution in [0.3, 0.4) is 0 Å². The van der Waals surface area contributed by atoms with Crippen LogP contribution in [0.15, 0.2) is 79.6 Å². The van der Waals surface area contributed by atoms with E-state index in [9.17, 15) is 4.79 Å². The second-order valence-corrected chi connectivity index (χ2v) is 8.41. The third-order valence-electron chi connectivity index (χ3n) is 5.98. The summed E-state index contributed by atoms with van der Waals surface area (Å²) in [6.07, 6.45) is 4.79. The zero-order valence-corrected chi connectivity index (χ0v) is 19.7. The van der Waals surface area contributed by atoms with E-state index in [0.29, 0.717) is 36.0 Å². The Hall–Kier alpha value is -4.34. The Morgan fingerprint density at radius 2 is 2.03 bits per heavy atom. The smallest absolute Gasteiger partial charge is 0.247 e. The van der Waals surface area contributed by atoms with Gasteiger partial charge in [-0.15, -0.1) is 0 Å². The molecule has 4 N–H and O–H groups in total. The predicted octanol–water partition coefficient (Wildman–Crippen LogP) is 3.72. The van der Waals surface area contributed by atoms with Gasteiger partial charge in [0.25, 0.3) is 0 Å². The summed E-state index contributed by atoms with van der Waals surface area (Å²) in [5.41, 5.74) is 10.7. The van der Waals surface area contributed by atoms with Gasteiger partial charge in [0.2, 0.25) is 11.9 Å². The molecule has 4 aromatic rings. The number of aromatic nitrogens is 3. The first-order valence-corrected chi connectivity index (χ1v) is 11.7. The number of nitrogens with zero attached hydrogens (tertiary/aromatic N) is 4. The largest absolute Gasteiger partial charge is 0.373 e. The van der Waals surface area contributed by atoms with Crippen LogP contribution in [0.25, 0.3) is 22.2 Å². The molecule has 0 spiro atoms. The third kappa shape index (κ3) is 5.17. The average Bonchev–Trinajstić information content (AvgIpc) is 2.93. The Morgan fingerprint density at radius 1 is 1.17 bits per heavy atom. The molecule has 9 nitrogen and oxygen atoms in total. The number of nitrogens with two attached hydrogens (primary N) is 1. The van der Waals surface area contributed by atoms with Crippen molar-refractivity contribution in [1.29, 1.82) is 0 Å². The van der Waals surface area contributed by atoms with Crippen molar-refractivity contribution < 1.29 is 9.53 Å². The minimum absolute atomic E-state index is 0.0595. The summed E-state index contributed by atoms with van der Waals surface area (Å²) in [5.74, 6) is 0.195. The second kappa shape index (κ2) is 10.5. The molecule has 182 valence electrons. The highest BCUT2D eigenvalue weighted by atomic mass is 16.5. The highest BCUT2D eigenvalue weighted by molar-refractivity contribution is 5.99. The maximum atomic E-state index is 11.7. The highest BCUT2D eigenvalue weighted by Gasteiger charge is 2.19. The quantitative estimate of drug-likeness (QED) is 0.342. The highest BCUT2D eigenvalue weighted by Crippen LogP contribution is 2.28. The Labute approximate surface area is 209 Å². The number of morpholine rings is 1. The molecule has 2 aromatic heterocycles. The van der Waals surface area contributed by atoms with Gasteiger partial charge in [0.15, 0.2) is 0 Å². The van der Waals surface area contributed by atoms with Gasteiger partial charge >= 0.3 is 0 Å². The molecule has 1 aliphatic heterocycles. The number of carbonyl (C=O) groups is 1. The fourth-order valence-electron chi connectivity index (χ4n) is 4.15. The topological polar surface area (TPSA) is 118 Å². The number of fused-ring (bicyclic) bond motifs is 1. The summed E-state index contributed by atoms with van der Waals surface area (Å²) in [6, 6.07) is 17.5. The summed E-state index contributed by atoms with van der Waals surface area (Å²) in [4.78, 5) is 27.8. The van der Waals surface area contributed by atoms with E-state index in [1.54, 1.807) is 12.4 Å². The number of hydrogen-bond acceptors (Lipinski definition) is 8. The number of benzene rings is 2. The molecule has 2 aromatic carbocycles. The van der Waals surface area contributed by atoms with Crippen molar-refractivity contribution in [1.82, 2.24) is 15.0 Å². The number of anilines is 4. The summed E-state index contributed by atoms with van der Waals surface area (Å²) >= 11 is 0. The van der Waals surface area contributed by atoms with Gasteiger partial charge in [-0.05, 0) is 48.5 Å². The zero-order valence-electron chi connectivity index (χ0n) is 19.7. The molecule has 5 rings (SSSR count). The molecule has 0 unspecified atom stereocenters. The van der Waals surface area contributed by atoms with E-state index < -0.39 is 0 Å². The number of rotatable bonds is 7. The van der Waals surface area contributed by atoms with Crippen LogP contribution in [0.2, 0.25) is 0 Å². The second-order valence-electron chi connectivity index (χ2n) is 8.41. The van der Waals surface area contributed by atoms with Gasteiger partial charge in [0.1, 0.15) is 5.52 Å². The van der Waals surface area contributed by atoms with Crippen molar-refractivity contribution in [2.75, 3.05) is 41.8 Å². The Balaban J connectivity index is 1.38. The lowest BCUT2D eigenvalue weighted by molar-refractivity contribution is -0.111. The van der Waals surface area contributed by atoms with Gasteiger partial charge in [-0.25, -0.2) is 9.97 Å². The van der Waals surface area contributed by atoms with Crippen molar-refractivity contribution in [2.45, 2.75) is 6.10 Å². The summed E-state index contributed by atoms with van der Waals surface area (Å²) in [6.45, 7) is 6.31. The first-order chi connectivity index (χ1) is 17.6. The molecular weight excluding hydrogens is 454 g/mol. The molecule has 1 saturated heterocycles. The standard InChI is InChI=1S/C27H27N7O2/c1-2-24(35)31-21-5-3-4-18(14-21)25-26-19(10-11-29-25)16-30-27(33-26)32-20-6-8-22(9-7-20)34-12-13-36-23(15-28)17-34/h2-11,14,16,23H,1,12-13,15,17,28H2,(H,31,35)(H,30,32,33)/t23-/m0/s1. The average molecular weight is 482 g/mol. The molecule has 1 fully saturated rings. The maximum absolute atomic E-state index is 11.7. The molecule has 0 aliphatic carbocycles. The first-order valence-electron chi connectivity index (χ1n) is 11.7. The molecule has 0 radical (unpaired) electrons. The van der Waals surface area contributed by atoms with Crippen molar-refractivity contribution in [3.63, 3.8) is 0 Å². The Bertz CT molecular complexity index is 1390. The Kier molecular flexibility index (Phi) is 6.83. The van der Waals surface area contributed by atoms with E-state index >= 15 is 0 Å². The predicted molar refractivity (Wildman–Crippen MR) is 142 cm³/mol. The van der Waals surface area contributed by atoms with Gasteiger partial charge in [0, 0.05) is 60.0 Å². The number of hydrogen-bond donors (Lipinski definition) is 3. The van der Waals surface area contributed by atoms with Gasteiger partial charge in [-0.1, -0.05) is 18.7 Å². The molecule has 0 saturated carbocycles. The van der Waals surface area contributed by atoms with E-state index in [4.69, 9.17) is 15.5 Å². The molecule has 3 heterocycles. The van der Waals surface area contributed by atoms with Gasteiger partial charge in [-0.2, -0.15) is 0 Å². The lowest BCUT2D eigenvalue weighted by Crippen LogP contribution is -2.45. The van der Waals surface area contributed by atoms with Crippen LogP contribution < -0.4 is 21.3 Å². The Morgan fingerprint density at radius 3 is 2.83 bits per heavy atom. The number of carbonyl (C=O) groups excluding carboxylic acids is 1. The van der Waals surface area contributed by atoms with E-state index in [-0.39, 0.29) is 12.0 Å². The molecular formula is C27H27N7O2. The van der Waals surface area contributed by atoms with Crippen LogP contribution in [-0.4, -0.2) is 53.2 Å². The number of pyridine rings is 1. The number of nitrogens with one attached hydrogen (secondary N) is 2. The summed E-state index contributed by atoms with van der Waals surface area (Å²) < 4.78 is 5.66. The van der Waals surface area contributed by atoms with Crippen LogP contribution in [0.1, 0.15) is 0 Å². The third-order valence-corrected chi connectivity index (χ3v) is 5.98. The minimum Gasteiger partial charge on any atom is -0.373 e. The van der Waals surface area contributed by atoms with Crippen LogP contribution in [0, 0.1) is 0 Å². The fraction of sp³-hybridized carbons (Fsp3) is 0.185. The van der Waals surface area contributed by atoms with E-state index in [0.717, 1.165) is 35.4 Å². The van der Waals surface area contributed by atoms with E-state index in [2.05, 4.69) is 44.2 Å². The maximum Gasteiger partial charge on any atom is 0.247 e. The molecule has 36 heavy (non-hydrogen) atoms. The minimum atomic E-state index is -0.273. The normalized spacial score (nSPS) is 15.5. The molecule has 1 amide bonds. The number of ether oxygens (including phenoxy) is 1. The molecule has 0 bridgehead atoms. The van der Waals surface area contributed by atoms with Crippen molar-refractivity contribution in [2.24, 2.45) is 5.73 Å². The molecule has 1 atom stereocenters. The van der Waals surface area contributed by atoms with E-state index in [1.165, 1.54) is 6.08 Å². The molecule has 1 aliphatic rings. The van der Waals surface area contributed by atoms with Crippen LogP contribution in [-0.2, 0) is 9.53 Å². The van der Waals surface area contributed by atoms with Crippen molar-refractivity contribution >= 4 is 39.8 Å². The zero-order chi connectivity index (χ0) is 24.9. The van der Waals surface area contributed by atoms with Crippen LogP contribution in [0.5, 0.6) is 0 Å². The SMILES string of the molecule is C=CC(=O)Nc1cccc(-c2nccc3cnc(Nc4ccc(N5CCO[C@@H](CN)C5)cc4)nc23)c1. The van der Waals surface area contributed by atoms with Crippen LogP contribution in [0.4, 0.5) is 23.0 Å². The van der Waals surface area contributed by atoms with Crippen molar-refractivity contribution in [3.05, 3.63) is 79.6 Å². The lowest BCUT2D eigenvalue weighted by Gasteiger charge is -2.34. The van der Waals surface area contributed by atoms with Gasteiger partial charge < -0.3 is 26.0 Å². The van der Waals surface area contributed by atoms with Crippen molar-refractivity contribution in [3.8, 4) is 11.3 Å². The van der Waals surface area contributed by atoms with Crippen LogP contribution >= 0.6 is 0 Å². The monoisotopic (exact) mass is 481 g/mol. The molecule has 9 heteroatoms. The number of amides is 1. The summed E-state index contributed by atoms with van der Waals surface area (Å²) in [5, 5.41) is 6.93. The fourth-order valence-corrected chi connectivity index (χ4v) is 4.15. The summed E-state index contributed by atoms with van der Waals surface area (Å²) in [7, 11) is 0. The lowest BCUT2D eigenvalue weighted by atomic mass is 10.1.